The molecule has 1 atom stereocenters. The lowest BCUT2D eigenvalue weighted by atomic mass is 9.95. The molecule has 3 nitrogen and oxygen atoms in total. The molecule has 1 unspecified atom stereocenters. The van der Waals surface area contributed by atoms with Gasteiger partial charge in [-0.1, -0.05) is 25.1 Å². The SMILES string of the molecule is CCc1ccccc1N1CC(CO)NCC1(C)C. The summed E-state index contributed by atoms with van der Waals surface area (Å²) in [6, 6.07) is 8.76. The fourth-order valence-corrected chi connectivity index (χ4v) is 2.64. The van der Waals surface area contributed by atoms with E-state index in [0.717, 1.165) is 19.5 Å². The molecule has 0 spiro atoms. The van der Waals surface area contributed by atoms with Crippen molar-refractivity contribution in [2.24, 2.45) is 0 Å². The third-order valence-corrected chi connectivity index (χ3v) is 3.84. The van der Waals surface area contributed by atoms with Crippen LogP contribution in [0.2, 0.25) is 0 Å². The minimum Gasteiger partial charge on any atom is -0.395 e. The molecule has 0 saturated carbocycles. The van der Waals surface area contributed by atoms with Crippen molar-refractivity contribution in [1.82, 2.24) is 5.32 Å². The Morgan fingerprint density at radius 3 is 2.78 bits per heavy atom. The molecule has 1 fully saturated rings. The van der Waals surface area contributed by atoms with Crippen molar-refractivity contribution in [1.29, 1.82) is 0 Å². The van der Waals surface area contributed by atoms with Crippen LogP contribution in [-0.2, 0) is 6.42 Å². The number of hydrogen-bond donors (Lipinski definition) is 2. The first kappa shape index (κ1) is 13.4. The molecule has 0 aliphatic carbocycles. The van der Waals surface area contributed by atoms with Crippen LogP contribution in [0.5, 0.6) is 0 Å². The van der Waals surface area contributed by atoms with Gasteiger partial charge in [-0.05, 0) is 31.9 Å². The van der Waals surface area contributed by atoms with Gasteiger partial charge in [0.15, 0.2) is 0 Å². The number of nitrogens with zero attached hydrogens (tertiary/aromatic N) is 1. The summed E-state index contributed by atoms with van der Waals surface area (Å²) in [7, 11) is 0. The lowest BCUT2D eigenvalue weighted by Gasteiger charge is -2.48. The molecule has 0 aromatic heterocycles. The van der Waals surface area contributed by atoms with E-state index in [1.165, 1.54) is 11.3 Å². The van der Waals surface area contributed by atoms with E-state index in [2.05, 4.69) is 55.3 Å². The van der Waals surface area contributed by atoms with Gasteiger partial charge in [0.2, 0.25) is 0 Å². The summed E-state index contributed by atoms with van der Waals surface area (Å²) in [6.45, 7) is 8.65. The number of rotatable bonds is 3. The highest BCUT2D eigenvalue weighted by Crippen LogP contribution is 2.29. The minimum absolute atomic E-state index is 0.0803. The van der Waals surface area contributed by atoms with Gasteiger partial charge in [-0.3, -0.25) is 0 Å². The maximum atomic E-state index is 9.36. The normalized spacial score (nSPS) is 23.1. The van der Waals surface area contributed by atoms with Gasteiger partial charge in [-0.25, -0.2) is 0 Å². The van der Waals surface area contributed by atoms with Gasteiger partial charge in [0, 0.05) is 30.4 Å². The first-order valence-corrected chi connectivity index (χ1v) is 6.78. The van der Waals surface area contributed by atoms with E-state index in [-0.39, 0.29) is 18.2 Å². The number of aryl methyl sites for hydroxylation is 1. The molecule has 18 heavy (non-hydrogen) atoms. The Morgan fingerprint density at radius 2 is 2.11 bits per heavy atom. The average molecular weight is 248 g/mol. The monoisotopic (exact) mass is 248 g/mol. The van der Waals surface area contributed by atoms with Crippen molar-refractivity contribution in [3.05, 3.63) is 29.8 Å². The summed E-state index contributed by atoms with van der Waals surface area (Å²) < 4.78 is 0. The van der Waals surface area contributed by atoms with E-state index >= 15 is 0 Å². The Hall–Kier alpha value is -1.06. The van der Waals surface area contributed by atoms with E-state index < -0.39 is 0 Å². The number of aliphatic hydroxyl groups is 1. The van der Waals surface area contributed by atoms with Crippen LogP contribution in [0.4, 0.5) is 5.69 Å². The Balaban J connectivity index is 2.33. The van der Waals surface area contributed by atoms with Crippen LogP contribution in [-0.4, -0.2) is 36.4 Å². The number of hydrogen-bond acceptors (Lipinski definition) is 3. The molecule has 1 aliphatic heterocycles. The van der Waals surface area contributed by atoms with E-state index in [1.54, 1.807) is 0 Å². The van der Waals surface area contributed by atoms with Gasteiger partial charge in [0.25, 0.3) is 0 Å². The van der Waals surface area contributed by atoms with E-state index in [0.29, 0.717) is 0 Å². The van der Waals surface area contributed by atoms with E-state index in [4.69, 9.17) is 0 Å². The zero-order valence-electron chi connectivity index (χ0n) is 11.6. The largest absolute Gasteiger partial charge is 0.395 e. The fourth-order valence-electron chi connectivity index (χ4n) is 2.64. The molecule has 0 bridgehead atoms. The molecule has 1 aliphatic rings. The highest BCUT2D eigenvalue weighted by atomic mass is 16.3. The van der Waals surface area contributed by atoms with Crippen LogP contribution >= 0.6 is 0 Å². The van der Waals surface area contributed by atoms with E-state index in [1.807, 2.05) is 0 Å². The zero-order chi connectivity index (χ0) is 13.2. The van der Waals surface area contributed by atoms with Crippen LogP contribution in [0.1, 0.15) is 26.3 Å². The topological polar surface area (TPSA) is 35.5 Å². The number of nitrogens with one attached hydrogen (secondary N) is 1. The lowest BCUT2D eigenvalue weighted by molar-refractivity contribution is 0.210. The van der Waals surface area contributed by atoms with Crippen LogP contribution in [0, 0.1) is 0 Å². The Bertz CT molecular complexity index is 403. The van der Waals surface area contributed by atoms with Crippen molar-refractivity contribution in [2.45, 2.75) is 38.8 Å². The van der Waals surface area contributed by atoms with Gasteiger partial charge >= 0.3 is 0 Å². The predicted octanol–water partition coefficient (Wildman–Crippen LogP) is 1.80. The number of piperazine rings is 1. The van der Waals surface area contributed by atoms with Gasteiger partial charge in [-0.15, -0.1) is 0 Å². The van der Waals surface area contributed by atoms with E-state index in [9.17, 15) is 5.11 Å². The molecule has 0 amide bonds. The highest BCUT2D eigenvalue weighted by Gasteiger charge is 2.34. The van der Waals surface area contributed by atoms with Crippen LogP contribution < -0.4 is 10.2 Å². The first-order valence-electron chi connectivity index (χ1n) is 6.78. The van der Waals surface area contributed by atoms with Gasteiger partial charge in [0.1, 0.15) is 0 Å². The molecule has 1 saturated heterocycles. The molecule has 2 rings (SSSR count). The van der Waals surface area contributed by atoms with Gasteiger partial charge in [0.05, 0.1) is 6.61 Å². The second kappa shape index (κ2) is 5.29. The summed E-state index contributed by atoms with van der Waals surface area (Å²) in [5, 5.41) is 12.8. The quantitative estimate of drug-likeness (QED) is 0.856. The van der Waals surface area contributed by atoms with Gasteiger partial charge in [-0.2, -0.15) is 0 Å². The van der Waals surface area contributed by atoms with Crippen LogP contribution in [0.25, 0.3) is 0 Å². The van der Waals surface area contributed by atoms with Crippen molar-refractivity contribution >= 4 is 5.69 Å². The summed E-state index contributed by atoms with van der Waals surface area (Å²) in [6.07, 6.45) is 1.04. The molecule has 1 heterocycles. The smallest absolute Gasteiger partial charge is 0.0601 e. The predicted molar refractivity (Wildman–Crippen MR) is 76.1 cm³/mol. The second-order valence-corrected chi connectivity index (χ2v) is 5.67. The fraction of sp³-hybridized carbons (Fsp3) is 0.600. The number of para-hydroxylation sites is 1. The Labute approximate surface area is 110 Å². The minimum atomic E-state index is 0.0803. The standard InChI is InChI=1S/C15H24N2O/c1-4-12-7-5-6-8-14(12)17-9-13(10-18)16-11-15(17,2)3/h5-8,13,16,18H,4,9-11H2,1-3H3. The molecule has 1 aromatic carbocycles. The number of aliphatic hydroxyl groups excluding tert-OH is 1. The van der Waals surface area contributed by atoms with Crippen molar-refractivity contribution in [3.63, 3.8) is 0 Å². The third-order valence-electron chi connectivity index (χ3n) is 3.84. The maximum Gasteiger partial charge on any atom is 0.0601 e. The molecular formula is C15H24N2O. The Morgan fingerprint density at radius 1 is 1.39 bits per heavy atom. The average Bonchev–Trinajstić information content (AvgIpc) is 2.38. The summed E-state index contributed by atoms with van der Waals surface area (Å²) in [5.41, 5.74) is 2.77. The number of anilines is 1. The molecule has 100 valence electrons. The van der Waals surface area contributed by atoms with Gasteiger partial charge < -0.3 is 15.3 Å². The van der Waals surface area contributed by atoms with Crippen LogP contribution in [0.15, 0.2) is 24.3 Å². The molecular weight excluding hydrogens is 224 g/mol. The van der Waals surface area contributed by atoms with Crippen molar-refractivity contribution < 1.29 is 5.11 Å². The third kappa shape index (κ3) is 2.52. The molecule has 3 heteroatoms. The first-order chi connectivity index (χ1) is 8.58. The second-order valence-electron chi connectivity index (χ2n) is 5.67. The van der Waals surface area contributed by atoms with Crippen molar-refractivity contribution in [3.8, 4) is 0 Å². The summed E-state index contributed by atoms with van der Waals surface area (Å²) in [4.78, 5) is 2.43. The molecule has 0 radical (unpaired) electrons. The highest BCUT2D eigenvalue weighted by molar-refractivity contribution is 5.56. The Kier molecular flexibility index (Phi) is 3.93. The summed E-state index contributed by atoms with van der Waals surface area (Å²) in [5.74, 6) is 0. The summed E-state index contributed by atoms with van der Waals surface area (Å²) >= 11 is 0. The molecule has 1 aromatic rings. The van der Waals surface area contributed by atoms with Crippen molar-refractivity contribution in [2.75, 3.05) is 24.6 Å². The number of benzene rings is 1. The molecule has 2 N–H and O–H groups in total. The van der Waals surface area contributed by atoms with Crippen LogP contribution in [0.3, 0.4) is 0 Å². The maximum absolute atomic E-state index is 9.36. The zero-order valence-corrected chi connectivity index (χ0v) is 11.6. The lowest BCUT2D eigenvalue weighted by Crippen LogP contribution is -2.63.